The first kappa shape index (κ1) is 102. The zero-order valence-corrected chi connectivity index (χ0v) is 81.2. The monoisotopic (exact) mass is 1910 g/mol. The van der Waals surface area contributed by atoms with Crippen molar-refractivity contribution in [3.05, 3.63) is 213 Å². The molecule has 14 aromatic rings. The molecular weight excluding hydrogens is 1820 g/mol. The van der Waals surface area contributed by atoms with Crippen LogP contribution in [-0.4, -0.2) is 172 Å². The topological polar surface area (TPSA) is 413 Å². The van der Waals surface area contributed by atoms with Crippen molar-refractivity contribution in [3.8, 4) is 63.4 Å². The van der Waals surface area contributed by atoms with Gasteiger partial charge in [0, 0.05) is 86.3 Å². The van der Waals surface area contributed by atoms with E-state index >= 15 is 0 Å². The minimum Gasteiger partial charge on any atom is -0.857 e. The smallest absolute Gasteiger partial charge is 0.857 e. The molecule has 33 nitrogen and oxygen atoms in total. The van der Waals surface area contributed by atoms with E-state index in [-0.39, 0.29) is 107 Å². The standard InChI is InChI=1S/C27H33BN4O5S.C26H25FN6O4S.C20H20FN5O2.C5H4ClFN2O.C4HCl2FN2.C4H8O.CH3O.Na/c1-17-9-12-19(13-10-17)38(33,34)32-16-21(28-36-26(5,6)27(7,8)37-28)20-15-18(11-14-22(20)32)23-30-31-24(35-23)29-25(2,3)4;1-15-6-9-17(10-7-15)38(34,35)33-14-19(22-28-13-20(27)24(29-22)36-5)18-12-16(8-11-21(18)33)23-31-32-25(37-23)30-26(2,3)4;1-20(2,3)24-19-26-25-17(28-19)12-6-5-11-7-8-13(14(11)9-12)16-22-10-15(21)18(23-16)27-4;1-10-4-3(7)2-8-5(6)9-4;5-3-2(7)1-8-4(6)9-3;1-2-4-5-3-1;1-2;/h9-16H,1-8H3,(H,29,31);6-14H,1-5H3,(H,30,32);5-6,8-10H,7H2,1-4H3,(H,24,26);2H,1H3;1H;1-4H2;1H3;/q;;;;;;-1;+1. The first-order valence-electron chi connectivity index (χ1n) is 40.0. The molecule has 3 N–H and O–H groups in total. The molecule has 0 radical (unpaired) electrons. The average Bonchev–Trinajstić information content (AvgIpc) is 1.58. The Morgan fingerprint density at radius 1 is 0.481 bits per heavy atom. The predicted molar refractivity (Wildman–Crippen MR) is 482 cm³/mol. The molecule has 3 aliphatic rings. The van der Waals surface area contributed by atoms with Crippen molar-refractivity contribution < 1.29 is 111 Å². The van der Waals surface area contributed by atoms with Crippen LogP contribution < -0.4 is 70.3 Å². The van der Waals surface area contributed by atoms with E-state index in [2.05, 4.69) is 91.2 Å². The molecule has 9 aromatic heterocycles. The maximum Gasteiger partial charge on any atom is 1.00 e. The molecule has 686 valence electrons. The van der Waals surface area contributed by atoms with Crippen LogP contribution >= 0.6 is 34.8 Å². The molecule has 1 aliphatic carbocycles. The van der Waals surface area contributed by atoms with Crippen LogP contribution in [0.2, 0.25) is 15.7 Å². The Kier molecular flexibility index (Phi) is 33.2. The number of halogens is 7. The third-order valence-corrected chi connectivity index (χ3v) is 23.3. The quantitative estimate of drug-likeness (QED) is 0.0350. The fourth-order valence-corrected chi connectivity index (χ4v) is 15.6. The first-order chi connectivity index (χ1) is 61.3. The molecule has 131 heavy (non-hydrogen) atoms. The number of methoxy groups -OCH3 is 3. The number of allylic oxidation sites excluding steroid dienone is 1. The number of nitrogens with zero attached hydrogens (tertiary/aromatic N) is 16. The van der Waals surface area contributed by atoms with E-state index in [0.29, 0.717) is 73.6 Å². The van der Waals surface area contributed by atoms with E-state index in [1.54, 1.807) is 85.1 Å². The van der Waals surface area contributed by atoms with Crippen molar-refractivity contribution in [2.75, 3.05) is 57.6 Å². The molecule has 2 aliphatic heterocycles. The largest absolute Gasteiger partial charge is 1.00 e. The van der Waals surface area contributed by atoms with Gasteiger partial charge in [-0.15, -0.1) is 15.3 Å². The number of hydrogen-bond donors (Lipinski definition) is 3. The minimum atomic E-state index is -3.99. The number of anilines is 3. The molecular formula is C87H94BCl3F4N19NaO14S2. The summed E-state index contributed by atoms with van der Waals surface area (Å²) in [7, 11) is -3.94. The van der Waals surface area contributed by atoms with Gasteiger partial charge in [0.1, 0.15) is 0 Å². The van der Waals surface area contributed by atoms with Crippen molar-refractivity contribution >= 4 is 113 Å². The molecule has 0 atom stereocenters. The van der Waals surface area contributed by atoms with Gasteiger partial charge in [0.05, 0.1) is 78.1 Å². The number of rotatable bonds is 16. The SMILES string of the molecule is C1CCOC1.COc1nc(-c2cn(S(=O)(=O)c3ccc(C)cc3)c3ccc(-c4nnc(NC(C)(C)C)o4)cc23)ncc1F.COc1nc(C2=CCc3ccc(-c4nnc(NC(C)(C)C)o4)cc32)ncc1F.COc1nc(Cl)ncc1F.C[O-].Cc1ccc(S(=O)(=O)n2cc(B3OC(C)(C)C(C)(C)O3)c3cc(-c4nnc(NC(C)(C)C)o4)ccc32)cc1.Fc1cnc(Cl)nc1Cl.[Na+]. The van der Waals surface area contributed by atoms with Crippen LogP contribution in [0.4, 0.5) is 35.6 Å². The van der Waals surface area contributed by atoms with E-state index < -0.39 is 61.6 Å². The number of aromatic nitrogens is 16. The molecule has 0 bridgehead atoms. The van der Waals surface area contributed by atoms with E-state index in [4.69, 9.17) is 76.7 Å². The van der Waals surface area contributed by atoms with Crippen LogP contribution in [0, 0.1) is 37.1 Å². The van der Waals surface area contributed by atoms with Crippen LogP contribution in [0.5, 0.6) is 17.6 Å². The second-order valence-electron chi connectivity index (χ2n) is 33.2. The van der Waals surface area contributed by atoms with Crippen LogP contribution in [0.3, 0.4) is 0 Å². The van der Waals surface area contributed by atoms with Gasteiger partial charge in [-0.05, 0) is 230 Å². The van der Waals surface area contributed by atoms with Crippen molar-refractivity contribution in [1.29, 1.82) is 0 Å². The summed E-state index contributed by atoms with van der Waals surface area (Å²) in [5.41, 5.74) is 6.68. The first-order valence-corrected chi connectivity index (χ1v) is 44.0. The summed E-state index contributed by atoms with van der Waals surface area (Å²) in [4.78, 5) is 30.4. The Bertz CT molecular complexity index is 6610. The molecule has 44 heteroatoms. The Hall–Kier alpha value is -11.1. The zero-order chi connectivity index (χ0) is 94.8. The summed E-state index contributed by atoms with van der Waals surface area (Å²) in [6.45, 7) is 31.6. The fraction of sp³-hybridized carbons (Fsp3) is 0.333. The molecule has 5 aromatic carbocycles. The van der Waals surface area contributed by atoms with Gasteiger partial charge in [-0.1, -0.05) is 74.4 Å². The van der Waals surface area contributed by atoms with Gasteiger partial charge < -0.3 is 62.6 Å². The summed E-state index contributed by atoms with van der Waals surface area (Å²) in [6, 6.07) is 30.6. The number of nitrogens with one attached hydrogen (secondary N) is 3. The van der Waals surface area contributed by atoms with Crippen molar-refractivity contribution in [2.24, 2.45) is 0 Å². The molecule has 11 heterocycles. The van der Waals surface area contributed by atoms with Gasteiger partial charge in [-0.2, -0.15) is 35.2 Å². The van der Waals surface area contributed by atoms with Crippen molar-refractivity contribution in [1.82, 2.24) is 78.4 Å². The van der Waals surface area contributed by atoms with Crippen molar-refractivity contribution in [2.45, 2.75) is 161 Å². The number of hydrogen-bond acceptors (Lipinski definition) is 31. The maximum atomic E-state index is 14.1. The second-order valence-corrected chi connectivity index (χ2v) is 37.8. The number of ether oxygens (including phenoxy) is 4. The van der Waals surface area contributed by atoms with Crippen LogP contribution in [0.1, 0.15) is 131 Å². The van der Waals surface area contributed by atoms with E-state index in [1.807, 2.05) is 134 Å². The van der Waals surface area contributed by atoms with Crippen LogP contribution in [0.15, 0.2) is 169 Å². The van der Waals surface area contributed by atoms with Gasteiger partial charge in [-0.3, -0.25) is 0 Å². The van der Waals surface area contributed by atoms with Crippen LogP contribution in [-0.2, 0) is 40.5 Å². The predicted octanol–water partition coefficient (Wildman–Crippen LogP) is 13.6. The number of fused-ring (bicyclic) bond motifs is 3. The van der Waals surface area contributed by atoms with Gasteiger partial charge >= 0.3 is 54.7 Å². The van der Waals surface area contributed by atoms with E-state index in [9.17, 15) is 34.4 Å². The zero-order valence-electron chi connectivity index (χ0n) is 75.3. The van der Waals surface area contributed by atoms with E-state index in [1.165, 1.54) is 44.3 Å². The number of aryl methyl sites for hydroxylation is 2. The molecule has 2 fully saturated rings. The van der Waals surface area contributed by atoms with Crippen molar-refractivity contribution in [3.63, 3.8) is 0 Å². The van der Waals surface area contributed by atoms with E-state index in [0.717, 1.165) is 88.9 Å². The Morgan fingerprint density at radius 2 is 0.870 bits per heavy atom. The average molecular weight is 1910 g/mol. The minimum absolute atomic E-state index is 0. The molecule has 0 unspecified atom stereocenters. The fourth-order valence-electron chi connectivity index (χ4n) is 12.4. The Labute approximate surface area is 791 Å². The third kappa shape index (κ3) is 25.4. The Balaban J connectivity index is 0.000000179. The molecule has 17 rings (SSSR count). The Morgan fingerprint density at radius 3 is 1.29 bits per heavy atom. The molecule has 0 amide bonds. The van der Waals surface area contributed by atoms with Gasteiger partial charge in [-0.25, -0.2) is 54.1 Å². The number of benzene rings is 5. The summed E-state index contributed by atoms with van der Waals surface area (Å²) in [5, 5.41) is 43.2. The molecule has 0 spiro atoms. The normalized spacial score (nSPS) is 13.7. The van der Waals surface area contributed by atoms with Gasteiger partial charge in [0.25, 0.3) is 37.7 Å². The molecule has 0 saturated carbocycles. The summed E-state index contributed by atoms with van der Waals surface area (Å²) in [5.74, 6) is -1.64. The summed E-state index contributed by atoms with van der Waals surface area (Å²) >= 11 is 15.8. The van der Waals surface area contributed by atoms with Gasteiger partial charge in [0.15, 0.2) is 22.6 Å². The summed E-state index contributed by atoms with van der Waals surface area (Å²) < 4.78 is 159. The second kappa shape index (κ2) is 42.6. The van der Waals surface area contributed by atoms with Crippen LogP contribution in [0.25, 0.3) is 73.1 Å². The summed E-state index contributed by atoms with van der Waals surface area (Å²) in [6.07, 6.45) is 12.3. The maximum absolute atomic E-state index is 14.1. The molecule has 2 saturated heterocycles. The van der Waals surface area contributed by atoms with Gasteiger partial charge in [0.2, 0.25) is 45.7 Å². The third-order valence-electron chi connectivity index (χ3n) is 19.3.